The average Bonchev–Trinajstić information content (AvgIpc) is 2.26. The SMILES string of the molecule is CC(C)C(C)(C)CNc1ncc(Br)cc1C(F)(F)F. The molecule has 0 saturated carbocycles. The molecule has 1 rings (SSSR count). The van der Waals surface area contributed by atoms with E-state index in [4.69, 9.17) is 0 Å². The first-order chi connectivity index (χ1) is 8.54. The molecule has 108 valence electrons. The molecule has 0 unspecified atom stereocenters. The number of rotatable bonds is 4. The van der Waals surface area contributed by atoms with E-state index in [1.165, 1.54) is 6.20 Å². The molecule has 0 amide bonds. The van der Waals surface area contributed by atoms with Crippen LogP contribution in [0.4, 0.5) is 19.0 Å². The van der Waals surface area contributed by atoms with E-state index < -0.39 is 11.7 Å². The number of halogens is 4. The van der Waals surface area contributed by atoms with Crippen LogP contribution in [0, 0.1) is 11.3 Å². The topological polar surface area (TPSA) is 24.9 Å². The van der Waals surface area contributed by atoms with Gasteiger partial charge in [0.2, 0.25) is 0 Å². The quantitative estimate of drug-likeness (QED) is 0.839. The van der Waals surface area contributed by atoms with Gasteiger partial charge in [-0.15, -0.1) is 0 Å². The second-order valence-electron chi connectivity index (χ2n) is 5.54. The van der Waals surface area contributed by atoms with Gasteiger partial charge in [-0.3, -0.25) is 0 Å². The first kappa shape index (κ1) is 16.3. The molecule has 0 aliphatic heterocycles. The van der Waals surface area contributed by atoms with E-state index in [9.17, 15) is 13.2 Å². The van der Waals surface area contributed by atoms with Crippen molar-refractivity contribution in [3.05, 3.63) is 22.3 Å². The highest BCUT2D eigenvalue weighted by Gasteiger charge is 2.35. The van der Waals surface area contributed by atoms with Crippen molar-refractivity contribution in [2.45, 2.75) is 33.9 Å². The lowest BCUT2D eigenvalue weighted by Gasteiger charge is -2.30. The molecule has 0 fully saturated rings. The van der Waals surface area contributed by atoms with Gasteiger partial charge >= 0.3 is 6.18 Å². The van der Waals surface area contributed by atoms with E-state index >= 15 is 0 Å². The number of anilines is 1. The Labute approximate surface area is 119 Å². The van der Waals surface area contributed by atoms with Crippen LogP contribution in [0.3, 0.4) is 0 Å². The fraction of sp³-hybridized carbons (Fsp3) is 0.615. The van der Waals surface area contributed by atoms with Gasteiger partial charge in [-0.05, 0) is 33.3 Å². The normalized spacial score (nSPS) is 12.9. The Hall–Kier alpha value is -0.780. The standard InChI is InChI=1S/C13H18BrF3N2/c1-8(2)12(3,4)7-19-11-10(13(15,16)17)5-9(14)6-18-11/h5-6,8H,7H2,1-4H3,(H,18,19). The summed E-state index contributed by atoms with van der Waals surface area (Å²) in [5, 5.41) is 2.82. The molecule has 1 aromatic heterocycles. The van der Waals surface area contributed by atoms with Gasteiger partial charge < -0.3 is 5.32 Å². The number of nitrogens with one attached hydrogen (secondary N) is 1. The predicted molar refractivity (Wildman–Crippen MR) is 74.0 cm³/mol. The number of aromatic nitrogens is 1. The summed E-state index contributed by atoms with van der Waals surface area (Å²) >= 11 is 3.01. The third kappa shape index (κ3) is 4.37. The molecule has 0 atom stereocenters. The molecule has 2 nitrogen and oxygen atoms in total. The highest BCUT2D eigenvalue weighted by molar-refractivity contribution is 9.10. The fourth-order valence-corrected chi connectivity index (χ4v) is 1.64. The molecule has 0 bridgehead atoms. The molecule has 0 aromatic carbocycles. The molecule has 0 saturated heterocycles. The molecule has 1 heterocycles. The van der Waals surface area contributed by atoms with Gasteiger partial charge in [0.15, 0.2) is 0 Å². The second kappa shape index (κ2) is 5.69. The summed E-state index contributed by atoms with van der Waals surface area (Å²) in [6, 6.07) is 1.04. The number of hydrogen-bond donors (Lipinski definition) is 1. The van der Waals surface area contributed by atoms with E-state index in [1.54, 1.807) is 0 Å². The van der Waals surface area contributed by atoms with Gasteiger partial charge in [0.1, 0.15) is 5.82 Å². The Kier molecular flexibility index (Phi) is 4.87. The molecule has 0 spiro atoms. The van der Waals surface area contributed by atoms with Crippen LogP contribution in [0.15, 0.2) is 16.7 Å². The summed E-state index contributed by atoms with van der Waals surface area (Å²) in [4.78, 5) is 3.83. The molecule has 19 heavy (non-hydrogen) atoms. The Morgan fingerprint density at radius 3 is 2.37 bits per heavy atom. The van der Waals surface area contributed by atoms with Gasteiger partial charge in [-0.25, -0.2) is 4.98 Å². The highest BCUT2D eigenvalue weighted by atomic mass is 79.9. The van der Waals surface area contributed by atoms with E-state index in [1.807, 2.05) is 27.7 Å². The first-order valence-electron chi connectivity index (χ1n) is 6.00. The first-order valence-corrected chi connectivity index (χ1v) is 6.80. The van der Waals surface area contributed by atoms with Crippen LogP contribution in [0.25, 0.3) is 0 Å². The number of pyridine rings is 1. The van der Waals surface area contributed by atoms with Crippen LogP contribution in [0.2, 0.25) is 0 Å². The van der Waals surface area contributed by atoms with Crippen molar-refractivity contribution >= 4 is 21.7 Å². The minimum absolute atomic E-state index is 0.113. The maximum absolute atomic E-state index is 12.9. The summed E-state index contributed by atoms with van der Waals surface area (Å²) in [5.74, 6) is 0.231. The smallest absolute Gasteiger partial charge is 0.369 e. The van der Waals surface area contributed by atoms with Crippen LogP contribution in [-0.4, -0.2) is 11.5 Å². The lowest BCUT2D eigenvalue weighted by molar-refractivity contribution is -0.137. The average molecular weight is 339 g/mol. The van der Waals surface area contributed by atoms with Crippen molar-refractivity contribution in [3.8, 4) is 0 Å². The van der Waals surface area contributed by atoms with E-state index in [0.29, 0.717) is 16.9 Å². The Morgan fingerprint density at radius 1 is 1.32 bits per heavy atom. The number of alkyl halides is 3. The van der Waals surface area contributed by atoms with Gasteiger partial charge in [-0.1, -0.05) is 27.7 Å². The third-order valence-corrected chi connectivity index (χ3v) is 3.87. The van der Waals surface area contributed by atoms with Crippen molar-refractivity contribution in [3.63, 3.8) is 0 Å². The lowest BCUT2D eigenvalue weighted by atomic mass is 9.81. The van der Waals surface area contributed by atoms with Gasteiger partial charge in [-0.2, -0.15) is 13.2 Å². The van der Waals surface area contributed by atoms with E-state index in [2.05, 4.69) is 26.2 Å². The zero-order valence-electron chi connectivity index (χ0n) is 11.4. The van der Waals surface area contributed by atoms with Crippen molar-refractivity contribution in [2.24, 2.45) is 11.3 Å². The molecule has 6 heteroatoms. The summed E-state index contributed by atoms with van der Waals surface area (Å²) in [5.41, 5.74) is -0.862. The summed E-state index contributed by atoms with van der Waals surface area (Å²) in [6.45, 7) is 8.54. The van der Waals surface area contributed by atoms with Gasteiger partial charge in [0, 0.05) is 17.2 Å². The Bertz CT molecular complexity index is 442. The maximum Gasteiger partial charge on any atom is 0.419 e. The summed E-state index contributed by atoms with van der Waals surface area (Å²) in [7, 11) is 0. The van der Waals surface area contributed by atoms with Crippen LogP contribution in [0.1, 0.15) is 33.3 Å². The van der Waals surface area contributed by atoms with E-state index in [-0.39, 0.29) is 11.2 Å². The minimum atomic E-state index is -4.42. The number of hydrogen-bond acceptors (Lipinski definition) is 2. The Morgan fingerprint density at radius 2 is 1.89 bits per heavy atom. The third-order valence-electron chi connectivity index (χ3n) is 3.43. The molecular weight excluding hydrogens is 321 g/mol. The predicted octanol–water partition coefficient (Wildman–Crippen LogP) is 4.96. The molecule has 1 N–H and O–H groups in total. The largest absolute Gasteiger partial charge is 0.419 e. The zero-order valence-corrected chi connectivity index (χ0v) is 13.0. The van der Waals surface area contributed by atoms with Crippen molar-refractivity contribution in [1.82, 2.24) is 4.98 Å². The van der Waals surface area contributed by atoms with Crippen LogP contribution >= 0.6 is 15.9 Å². The van der Waals surface area contributed by atoms with Crippen LogP contribution in [0.5, 0.6) is 0 Å². The van der Waals surface area contributed by atoms with E-state index in [0.717, 1.165) is 6.07 Å². The van der Waals surface area contributed by atoms with Gasteiger partial charge in [0.25, 0.3) is 0 Å². The van der Waals surface area contributed by atoms with Gasteiger partial charge in [0.05, 0.1) is 5.56 Å². The van der Waals surface area contributed by atoms with Crippen molar-refractivity contribution < 1.29 is 13.2 Å². The summed E-state index contributed by atoms with van der Waals surface area (Å²) < 4.78 is 39.0. The summed E-state index contributed by atoms with van der Waals surface area (Å²) in [6.07, 6.45) is -3.05. The Balaban J connectivity index is 2.96. The second-order valence-corrected chi connectivity index (χ2v) is 6.46. The monoisotopic (exact) mass is 338 g/mol. The van der Waals surface area contributed by atoms with Crippen LogP contribution < -0.4 is 5.32 Å². The minimum Gasteiger partial charge on any atom is -0.369 e. The molecule has 0 aliphatic rings. The van der Waals surface area contributed by atoms with Crippen molar-refractivity contribution in [2.75, 3.05) is 11.9 Å². The lowest BCUT2D eigenvalue weighted by Crippen LogP contribution is -2.29. The zero-order chi connectivity index (χ0) is 14.8. The maximum atomic E-state index is 12.9. The van der Waals surface area contributed by atoms with Crippen molar-refractivity contribution in [1.29, 1.82) is 0 Å². The molecular formula is C13H18BrF3N2. The highest BCUT2D eigenvalue weighted by Crippen LogP contribution is 2.36. The number of nitrogens with zero attached hydrogens (tertiary/aromatic N) is 1. The fourth-order valence-electron chi connectivity index (χ4n) is 1.31. The molecule has 0 aliphatic carbocycles. The molecule has 0 radical (unpaired) electrons. The van der Waals surface area contributed by atoms with Crippen LogP contribution in [-0.2, 0) is 6.18 Å². The molecule has 1 aromatic rings.